The van der Waals surface area contributed by atoms with Crippen molar-refractivity contribution in [3.8, 4) is 5.88 Å². The van der Waals surface area contributed by atoms with E-state index in [9.17, 15) is 8.42 Å². The average molecular weight is 439 g/mol. The molecule has 2 heterocycles. The number of nitrogens with zero attached hydrogens (tertiary/aromatic N) is 3. The highest BCUT2D eigenvalue weighted by molar-refractivity contribution is 9.10. The second-order valence-electron chi connectivity index (χ2n) is 5.38. The van der Waals surface area contributed by atoms with E-state index in [1.54, 1.807) is 6.92 Å². The lowest BCUT2D eigenvalue weighted by atomic mass is 10.2. The van der Waals surface area contributed by atoms with Gasteiger partial charge in [-0.3, -0.25) is 4.72 Å². The Bertz CT molecular complexity index is 1000. The summed E-state index contributed by atoms with van der Waals surface area (Å²) in [6.45, 7) is 3.28. The molecule has 0 fully saturated rings. The molecule has 0 spiro atoms. The molecule has 0 aliphatic carbocycles. The third-order valence-electron chi connectivity index (χ3n) is 3.40. The van der Waals surface area contributed by atoms with Crippen LogP contribution in [0.15, 0.2) is 50.6 Å². The molecule has 0 radical (unpaired) electrons. The van der Waals surface area contributed by atoms with Gasteiger partial charge in [0.05, 0.1) is 6.20 Å². The molecule has 3 rings (SSSR count). The van der Waals surface area contributed by atoms with Gasteiger partial charge in [0.15, 0.2) is 10.7 Å². The Hall–Kier alpha value is -2.46. The first-order valence-electron chi connectivity index (χ1n) is 7.52. The maximum atomic E-state index is 12.7. The molecule has 26 heavy (non-hydrogen) atoms. The zero-order chi connectivity index (χ0) is 18.7. The molecule has 0 aliphatic heterocycles. The van der Waals surface area contributed by atoms with Crippen LogP contribution in [0.1, 0.15) is 17.0 Å². The minimum Gasteiger partial charge on any atom is -0.470 e. The van der Waals surface area contributed by atoms with Crippen LogP contribution >= 0.6 is 15.9 Å². The summed E-state index contributed by atoms with van der Waals surface area (Å²) in [5.41, 5.74) is 1.17. The van der Waals surface area contributed by atoms with Crippen molar-refractivity contribution in [2.45, 2.75) is 25.3 Å². The second kappa shape index (κ2) is 7.42. The van der Waals surface area contributed by atoms with Crippen LogP contribution < -0.4 is 9.46 Å². The summed E-state index contributed by atoms with van der Waals surface area (Å²) in [5.74, 6) is 0.217. The van der Waals surface area contributed by atoms with Gasteiger partial charge in [-0.05, 0) is 35.3 Å². The van der Waals surface area contributed by atoms with E-state index < -0.39 is 10.0 Å². The molecule has 0 aliphatic rings. The summed E-state index contributed by atoms with van der Waals surface area (Å²) in [6, 6.07) is 9.43. The molecule has 8 nitrogen and oxygen atoms in total. The van der Waals surface area contributed by atoms with E-state index in [0.717, 1.165) is 5.56 Å². The number of anilines is 1. The molecule has 1 N–H and O–H groups in total. The molecular formula is C16H15BrN4O4S. The first kappa shape index (κ1) is 18.3. The minimum absolute atomic E-state index is 0.0240. The lowest BCUT2D eigenvalue weighted by Gasteiger charge is -2.12. The van der Waals surface area contributed by atoms with Gasteiger partial charge < -0.3 is 9.26 Å². The van der Waals surface area contributed by atoms with Crippen LogP contribution in [0, 0.1) is 13.8 Å². The van der Waals surface area contributed by atoms with Crippen molar-refractivity contribution < 1.29 is 17.7 Å². The summed E-state index contributed by atoms with van der Waals surface area (Å²) >= 11 is 3.21. The Balaban J connectivity index is 1.88. The number of halogens is 1. The van der Waals surface area contributed by atoms with Gasteiger partial charge in [-0.1, -0.05) is 35.5 Å². The number of nitrogens with one attached hydrogen (secondary N) is 1. The summed E-state index contributed by atoms with van der Waals surface area (Å²) in [4.78, 5) is 8.20. The monoisotopic (exact) mass is 438 g/mol. The normalized spacial score (nSPS) is 11.3. The van der Waals surface area contributed by atoms with Crippen LogP contribution in [0.25, 0.3) is 0 Å². The van der Waals surface area contributed by atoms with Crippen molar-refractivity contribution in [3.05, 3.63) is 58.1 Å². The topological polar surface area (TPSA) is 107 Å². The van der Waals surface area contributed by atoms with Crippen LogP contribution in [0.4, 0.5) is 5.82 Å². The number of sulfonamides is 1. The maximum absolute atomic E-state index is 12.7. The molecule has 0 saturated heterocycles. The number of aromatic nitrogens is 3. The van der Waals surface area contributed by atoms with Gasteiger partial charge in [-0.15, -0.1) is 0 Å². The minimum atomic E-state index is -3.95. The van der Waals surface area contributed by atoms with E-state index in [4.69, 9.17) is 9.26 Å². The van der Waals surface area contributed by atoms with Gasteiger partial charge in [-0.2, -0.15) is 0 Å². The smallest absolute Gasteiger partial charge is 0.268 e. The first-order valence-corrected chi connectivity index (χ1v) is 9.79. The standard InChI is InChI=1S/C16H15BrN4O4S/c1-10-14(11(2)25-20-10)26(22,23)21-15-16(19-13(17)8-18-15)24-9-12-6-4-3-5-7-12/h3-8H,9H2,1-2H3,(H,18,21). The quantitative estimate of drug-likeness (QED) is 0.629. The van der Waals surface area contributed by atoms with Crippen LogP contribution in [0.2, 0.25) is 0 Å². The van der Waals surface area contributed by atoms with Crippen LogP contribution in [0.3, 0.4) is 0 Å². The maximum Gasteiger partial charge on any atom is 0.268 e. The molecule has 136 valence electrons. The van der Waals surface area contributed by atoms with Gasteiger partial charge in [0.1, 0.15) is 16.9 Å². The molecule has 3 aromatic rings. The highest BCUT2D eigenvalue weighted by Gasteiger charge is 2.26. The van der Waals surface area contributed by atoms with Crippen molar-refractivity contribution >= 4 is 31.8 Å². The molecular weight excluding hydrogens is 424 g/mol. The lowest BCUT2D eigenvalue weighted by molar-refractivity contribution is 0.294. The predicted molar refractivity (Wildman–Crippen MR) is 97.3 cm³/mol. The molecule has 2 aromatic heterocycles. The average Bonchev–Trinajstić information content (AvgIpc) is 2.95. The van der Waals surface area contributed by atoms with Crippen LogP contribution in [-0.2, 0) is 16.6 Å². The Morgan fingerprint density at radius 3 is 2.62 bits per heavy atom. The molecule has 0 bridgehead atoms. The van der Waals surface area contributed by atoms with Gasteiger partial charge >= 0.3 is 0 Å². The Morgan fingerprint density at radius 2 is 1.96 bits per heavy atom. The summed E-state index contributed by atoms with van der Waals surface area (Å²) in [5, 5.41) is 3.67. The summed E-state index contributed by atoms with van der Waals surface area (Å²) < 4.78 is 38.7. The molecule has 0 atom stereocenters. The fourth-order valence-corrected chi connectivity index (χ4v) is 3.89. The van der Waals surface area contributed by atoms with E-state index in [1.807, 2.05) is 30.3 Å². The number of ether oxygens (including phenoxy) is 1. The van der Waals surface area contributed by atoms with Gasteiger partial charge in [0.2, 0.25) is 5.82 Å². The summed E-state index contributed by atoms with van der Waals surface area (Å²) in [7, 11) is -3.95. The number of aryl methyl sites for hydroxylation is 2. The third kappa shape index (κ3) is 4.02. The van der Waals surface area contributed by atoms with E-state index >= 15 is 0 Å². The third-order valence-corrected chi connectivity index (χ3v) is 5.36. The van der Waals surface area contributed by atoms with E-state index in [2.05, 4.69) is 35.8 Å². The van der Waals surface area contributed by atoms with Crippen molar-refractivity contribution in [1.29, 1.82) is 0 Å². The largest absolute Gasteiger partial charge is 0.470 e. The van der Waals surface area contributed by atoms with E-state index in [1.165, 1.54) is 13.1 Å². The van der Waals surface area contributed by atoms with Crippen molar-refractivity contribution in [2.24, 2.45) is 0 Å². The number of rotatable bonds is 6. The second-order valence-corrected chi connectivity index (χ2v) is 7.81. The Kier molecular flexibility index (Phi) is 5.23. The molecule has 0 amide bonds. The molecule has 0 saturated carbocycles. The van der Waals surface area contributed by atoms with Crippen LogP contribution in [-0.4, -0.2) is 23.5 Å². The predicted octanol–water partition coefficient (Wildman–Crippen LogP) is 3.22. The summed E-state index contributed by atoms with van der Waals surface area (Å²) in [6.07, 6.45) is 1.38. The number of hydrogen-bond donors (Lipinski definition) is 1. The van der Waals surface area contributed by atoms with Gasteiger partial charge in [0.25, 0.3) is 15.9 Å². The van der Waals surface area contributed by atoms with Crippen molar-refractivity contribution in [2.75, 3.05) is 4.72 Å². The molecule has 0 unspecified atom stereocenters. The van der Waals surface area contributed by atoms with E-state index in [0.29, 0.717) is 4.60 Å². The zero-order valence-electron chi connectivity index (χ0n) is 13.9. The highest BCUT2D eigenvalue weighted by Crippen LogP contribution is 2.27. The lowest BCUT2D eigenvalue weighted by Crippen LogP contribution is -2.17. The fraction of sp³-hybridized carbons (Fsp3) is 0.188. The van der Waals surface area contributed by atoms with Crippen LogP contribution in [0.5, 0.6) is 5.88 Å². The highest BCUT2D eigenvalue weighted by atomic mass is 79.9. The van der Waals surface area contributed by atoms with E-state index in [-0.39, 0.29) is 34.7 Å². The van der Waals surface area contributed by atoms with Gasteiger partial charge in [0, 0.05) is 0 Å². The Morgan fingerprint density at radius 1 is 1.23 bits per heavy atom. The fourth-order valence-electron chi connectivity index (χ4n) is 2.29. The van der Waals surface area contributed by atoms with Crippen molar-refractivity contribution in [1.82, 2.24) is 15.1 Å². The molecule has 10 heteroatoms. The SMILES string of the molecule is Cc1noc(C)c1S(=O)(=O)Nc1ncc(Br)nc1OCc1ccccc1. The van der Waals surface area contributed by atoms with Crippen molar-refractivity contribution in [3.63, 3.8) is 0 Å². The first-order chi connectivity index (χ1) is 12.4. The zero-order valence-corrected chi connectivity index (χ0v) is 16.3. The van der Waals surface area contributed by atoms with Gasteiger partial charge in [-0.25, -0.2) is 18.4 Å². The molecule has 1 aromatic carbocycles. The number of hydrogen-bond acceptors (Lipinski definition) is 7. The number of benzene rings is 1. The Labute approximate surface area is 158 Å².